The molecule has 0 spiro atoms. The molecule has 47 heavy (non-hydrogen) atoms. The van der Waals surface area contributed by atoms with Crippen LogP contribution in [-0.4, -0.2) is 94.0 Å². The number of aliphatic hydroxyl groups is 2. The first-order valence-corrected chi connectivity index (χ1v) is 16.6. The first-order chi connectivity index (χ1) is 21.7. The van der Waals surface area contributed by atoms with Crippen molar-refractivity contribution >= 4 is 35.4 Å². The van der Waals surface area contributed by atoms with Crippen molar-refractivity contribution in [2.45, 2.75) is 117 Å². The molecule has 5 aliphatic carbocycles. The third kappa shape index (κ3) is 3.82. The number of ether oxygens (including phenoxy) is 5. The predicted octanol–water partition coefficient (Wildman–Crippen LogP) is 0.925. The minimum Gasteiger partial charge on any atom is -0.460 e. The van der Waals surface area contributed by atoms with Crippen LogP contribution in [0.1, 0.15) is 68.2 Å². The van der Waals surface area contributed by atoms with Gasteiger partial charge in [0.05, 0.1) is 11.5 Å². The Kier molecular flexibility index (Phi) is 6.83. The van der Waals surface area contributed by atoms with Gasteiger partial charge in [-0.2, -0.15) is 0 Å². The summed E-state index contributed by atoms with van der Waals surface area (Å²) in [6.07, 6.45) is -6.80. The number of fused-ring (bicyclic) bond motifs is 8. The number of aliphatic hydroxyl groups excluding tert-OH is 1. The number of carbonyl (C=O) groups is 6. The summed E-state index contributed by atoms with van der Waals surface area (Å²) in [7, 11) is 0. The molecular weight excluding hydrogens is 616 g/mol. The zero-order valence-electron chi connectivity index (χ0n) is 27.9. The first kappa shape index (κ1) is 32.6. The maximum atomic E-state index is 14.4. The van der Waals surface area contributed by atoms with Crippen molar-refractivity contribution in [1.82, 2.24) is 0 Å². The van der Waals surface area contributed by atoms with Crippen LogP contribution in [0.2, 0.25) is 0 Å². The van der Waals surface area contributed by atoms with Crippen molar-refractivity contribution < 1.29 is 62.7 Å². The van der Waals surface area contributed by atoms with Gasteiger partial charge in [-0.25, -0.2) is 4.79 Å². The van der Waals surface area contributed by atoms with E-state index in [2.05, 4.69) is 0 Å². The summed E-state index contributed by atoms with van der Waals surface area (Å²) < 4.78 is 30.3. The SMILES string of the molecule is CC(=O)O[C@H]1[C@H]2[C@H]([C@@H]3[C@H]4OC(=O)[C@@](C)(O)[C@@]5(C)C(=O)C[C@@H](C)[C@@H]([C@@H]45)[C@@]3(C)[C@H]1OC(C)=O)[C@@H](O)C(=O)[C@H]1C[C@@H]3O[C@@H]3[C@H](OC(C)=O)[C@]21C. The monoisotopic (exact) mass is 660 g/mol. The summed E-state index contributed by atoms with van der Waals surface area (Å²) in [4.78, 5) is 80.5. The number of carbonyl (C=O) groups excluding carboxylic acids is 6. The molecule has 0 aromatic rings. The number of esters is 4. The lowest BCUT2D eigenvalue weighted by Crippen LogP contribution is -2.74. The van der Waals surface area contributed by atoms with Crippen molar-refractivity contribution in [3.8, 4) is 0 Å². The van der Waals surface area contributed by atoms with Gasteiger partial charge in [-0.15, -0.1) is 0 Å². The normalized spacial score (nSPS) is 55.2. The van der Waals surface area contributed by atoms with Crippen molar-refractivity contribution in [3.05, 3.63) is 0 Å². The second-order valence-electron chi connectivity index (χ2n) is 16.1. The second kappa shape index (κ2) is 9.84. The minimum absolute atomic E-state index is 0.00541. The molecule has 7 rings (SSSR count). The lowest BCUT2D eigenvalue weighted by molar-refractivity contribution is -0.274. The molecule has 0 aromatic carbocycles. The Morgan fingerprint density at radius 2 is 1.40 bits per heavy atom. The molecular formula is C34H44O13. The van der Waals surface area contributed by atoms with E-state index in [0.717, 1.165) is 0 Å². The Balaban J connectivity index is 1.52. The second-order valence-corrected chi connectivity index (χ2v) is 16.1. The number of epoxide rings is 1. The first-order valence-electron chi connectivity index (χ1n) is 16.6. The van der Waals surface area contributed by atoms with Gasteiger partial charge in [-0.1, -0.05) is 20.8 Å². The summed E-state index contributed by atoms with van der Waals surface area (Å²) in [6, 6.07) is 0. The molecule has 7 fully saturated rings. The molecule has 0 amide bonds. The molecule has 13 heteroatoms. The van der Waals surface area contributed by atoms with E-state index in [4.69, 9.17) is 23.7 Å². The Morgan fingerprint density at radius 1 is 0.809 bits per heavy atom. The van der Waals surface area contributed by atoms with E-state index in [1.54, 1.807) is 13.8 Å². The van der Waals surface area contributed by atoms with Crippen LogP contribution in [0.3, 0.4) is 0 Å². The van der Waals surface area contributed by atoms with Crippen LogP contribution in [0.15, 0.2) is 0 Å². The fraction of sp³-hybridized carbons (Fsp3) is 0.824. The van der Waals surface area contributed by atoms with E-state index in [1.165, 1.54) is 27.7 Å². The highest BCUT2D eigenvalue weighted by molar-refractivity contribution is 5.96. The van der Waals surface area contributed by atoms with Crippen LogP contribution in [0.25, 0.3) is 0 Å². The van der Waals surface area contributed by atoms with E-state index in [9.17, 15) is 39.0 Å². The lowest BCUT2D eigenvalue weighted by Gasteiger charge is -2.65. The fourth-order valence-corrected chi connectivity index (χ4v) is 12.2. The van der Waals surface area contributed by atoms with Gasteiger partial charge < -0.3 is 33.9 Å². The largest absolute Gasteiger partial charge is 0.460 e. The molecule has 2 N–H and O–H groups in total. The van der Waals surface area contributed by atoms with E-state index in [0.29, 0.717) is 0 Å². The van der Waals surface area contributed by atoms with Crippen LogP contribution in [-0.2, 0) is 52.5 Å². The molecule has 0 aromatic heterocycles. The standard InChI is InChI=1S/C34H44O13/c1-11-9-17(38)33(7)22-19(11)32(6)20(26(22)47-30(41)34(33,8)42)18-21(27(43-12(2)35)29(32)45-14(4)37)31(5)15(23(39)24(18)40)10-16-25(46-16)28(31)44-13(3)36/h11,15-16,18-22,24-29,40,42H,9-10H2,1-8H3/t11-,15-,16+,18+,19+,20-,21-,22+,24-,25+,26-,27+,28+,29+,31+,32-,33+,34-/m1/s1. The highest BCUT2D eigenvalue weighted by atomic mass is 16.6. The molecule has 0 unspecified atom stereocenters. The van der Waals surface area contributed by atoms with Gasteiger partial charge in [-0.3, -0.25) is 24.0 Å². The molecule has 2 heterocycles. The molecule has 18 atom stereocenters. The van der Waals surface area contributed by atoms with E-state index in [-0.39, 0.29) is 30.6 Å². The van der Waals surface area contributed by atoms with Gasteiger partial charge in [0, 0.05) is 67.6 Å². The van der Waals surface area contributed by atoms with E-state index < -0.39 is 124 Å². The average molecular weight is 661 g/mol. The Morgan fingerprint density at radius 3 is 2.00 bits per heavy atom. The average Bonchev–Trinajstić information content (AvgIpc) is 3.67. The molecule has 258 valence electrons. The molecule has 2 aliphatic heterocycles. The maximum absolute atomic E-state index is 14.4. The molecule has 13 nitrogen and oxygen atoms in total. The number of hydrogen-bond donors (Lipinski definition) is 2. The number of rotatable bonds is 3. The molecule has 0 radical (unpaired) electrons. The maximum Gasteiger partial charge on any atom is 0.339 e. The third-order valence-electron chi connectivity index (χ3n) is 14.0. The topological polar surface area (TPSA) is 192 Å². The number of ketones is 2. The fourth-order valence-electron chi connectivity index (χ4n) is 12.2. The highest BCUT2D eigenvalue weighted by Crippen LogP contribution is 2.75. The van der Waals surface area contributed by atoms with Gasteiger partial charge in [0.15, 0.2) is 11.4 Å². The van der Waals surface area contributed by atoms with Crippen molar-refractivity contribution in [3.63, 3.8) is 0 Å². The Hall–Kier alpha value is -2.90. The molecule has 0 bridgehead atoms. The quantitative estimate of drug-likeness (QED) is 0.247. The molecule has 5 saturated carbocycles. The van der Waals surface area contributed by atoms with Crippen LogP contribution >= 0.6 is 0 Å². The Labute approximate surface area is 272 Å². The summed E-state index contributed by atoms with van der Waals surface area (Å²) in [5.74, 6) is -9.31. The molecule has 7 aliphatic rings. The van der Waals surface area contributed by atoms with E-state index >= 15 is 0 Å². The zero-order valence-corrected chi connectivity index (χ0v) is 27.9. The molecule has 2 saturated heterocycles. The Bertz CT molecular complexity index is 1490. The van der Waals surface area contributed by atoms with Crippen LogP contribution < -0.4 is 0 Å². The van der Waals surface area contributed by atoms with Crippen LogP contribution in [0.4, 0.5) is 0 Å². The van der Waals surface area contributed by atoms with Crippen molar-refractivity contribution in [1.29, 1.82) is 0 Å². The summed E-state index contributed by atoms with van der Waals surface area (Å²) in [5, 5.41) is 23.8. The summed E-state index contributed by atoms with van der Waals surface area (Å²) in [6.45, 7) is 12.0. The van der Waals surface area contributed by atoms with E-state index in [1.807, 2.05) is 13.8 Å². The summed E-state index contributed by atoms with van der Waals surface area (Å²) in [5.41, 5.74) is -6.33. The van der Waals surface area contributed by atoms with Crippen molar-refractivity contribution in [2.24, 2.45) is 57.7 Å². The number of hydrogen-bond acceptors (Lipinski definition) is 13. The zero-order chi connectivity index (χ0) is 34.5. The summed E-state index contributed by atoms with van der Waals surface area (Å²) >= 11 is 0. The van der Waals surface area contributed by atoms with Gasteiger partial charge in [0.25, 0.3) is 0 Å². The van der Waals surface area contributed by atoms with Crippen molar-refractivity contribution in [2.75, 3.05) is 0 Å². The smallest absolute Gasteiger partial charge is 0.339 e. The third-order valence-corrected chi connectivity index (χ3v) is 14.0. The number of Topliss-reactive ketones (excluding diaryl/α,β-unsaturated/α-hetero) is 2. The lowest BCUT2D eigenvalue weighted by atomic mass is 9.41. The van der Waals surface area contributed by atoms with Gasteiger partial charge in [0.2, 0.25) is 0 Å². The van der Waals surface area contributed by atoms with Crippen LogP contribution in [0.5, 0.6) is 0 Å². The van der Waals surface area contributed by atoms with Gasteiger partial charge in [0.1, 0.15) is 42.4 Å². The van der Waals surface area contributed by atoms with Gasteiger partial charge in [-0.05, 0) is 32.1 Å². The predicted molar refractivity (Wildman–Crippen MR) is 156 cm³/mol. The van der Waals surface area contributed by atoms with Crippen LogP contribution in [0, 0.1) is 57.7 Å². The highest BCUT2D eigenvalue weighted by Gasteiger charge is 2.84. The van der Waals surface area contributed by atoms with Gasteiger partial charge >= 0.3 is 23.9 Å². The minimum atomic E-state index is -2.20.